The number of carbonyl (C=O) groups excluding carboxylic acids is 2. The normalized spacial score (nSPS) is 10.7. The maximum Gasteiger partial charge on any atom is 0.286 e. The van der Waals surface area contributed by atoms with Crippen molar-refractivity contribution in [2.45, 2.75) is 72.1 Å². The first kappa shape index (κ1) is 25.5. The molecule has 8 heteroatoms. The zero-order valence-electron chi connectivity index (χ0n) is 18.2. The molecule has 1 amide bonds. The first-order valence-electron chi connectivity index (χ1n) is 10.7. The van der Waals surface area contributed by atoms with Crippen molar-refractivity contribution in [3.8, 4) is 5.75 Å². The van der Waals surface area contributed by atoms with Gasteiger partial charge < -0.3 is 9.64 Å². The van der Waals surface area contributed by atoms with Crippen molar-refractivity contribution in [1.82, 2.24) is 4.90 Å². The number of nitro benzene ring substituents is 1. The summed E-state index contributed by atoms with van der Waals surface area (Å²) in [6, 6.07) is 1.67. The van der Waals surface area contributed by atoms with E-state index in [1.54, 1.807) is 0 Å². The van der Waals surface area contributed by atoms with Crippen LogP contribution in [0.3, 0.4) is 0 Å². The molecule has 1 aromatic carbocycles. The molecule has 0 aliphatic heterocycles. The Hall–Kier alpha value is -2.51. The van der Waals surface area contributed by atoms with Gasteiger partial charge in [0.25, 0.3) is 5.69 Å². The highest BCUT2D eigenvalue weighted by molar-refractivity contribution is 6.00. The van der Waals surface area contributed by atoms with Crippen LogP contribution >= 0.6 is 0 Å². The highest BCUT2D eigenvalue weighted by Gasteiger charge is 2.24. The molecule has 0 spiro atoms. The number of benzene rings is 1. The number of nitrogens with zero attached hydrogens (tertiary/aromatic N) is 2. The highest BCUT2D eigenvalue weighted by atomic mass is 19.1. The number of nitro groups is 1. The van der Waals surface area contributed by atoms with Gasteiger partial charge in [-0.15, -0.1) is 0 Å². The Labute approximate surface area is 177 Å². The van der Waals surface area contributed by atoms with Crippen LogP contribution in [0, 0.1) is 15.9 Å². The molecular weight excluding hydrogens is 391 g/mol. The fourth-order valence-electron chi connectivity index (χ4n) is 3.21. The summed E-state index contributed by atoms with van der Waals surface area (Å²) in [5.74, 6) is -1.55. The molecule has 1 rings (SSSR count). The molecule has 0 bridgehead atoms. The molecule has 0 radical (unpaired) electrons. The van der Waals surface area contributed by atoms with E-state index in [-0.39, 0.29) is 30.2 Å². The smallest absolute Gasteiger partial charge is 0.286 e. The molecular formula is C22H33FN2O5. The molecule has 0 saturated carbocycles. The van der Waals surface area contributed by atoms with Crippen molar-refractivity contribution in [2.75, 3.05) is 19.7 Å². The Morgan fingerprint density at radius 1 is 1.07 bits per heavy atom. The number of hydrogen-bond donors (Lipinski definition) is 0. The fourth-order valence-corrected chi connectivity index (χ4v) is 3.21. The number of hydrogen-bond acceptors (Lipinski definition) is 5. The predicted molar refractivity (Wildman–Crippen MR) is 113 cm³/mol. The van der Waals surface area contributed by atoms with Crippen LogP contribution < -0.4 is 4.74 Å². The number of unbranched alkanes of at least 4 members (excludes halogenated alkanes) is 4. The van der Waals surface area contributed by atoms with Crippen LogP contribution in [0.2, 0.25) is 0 Å². The summed E-state index contributed by atoms with van der Waals surface area (Å²) in [7, 11) is 0. The monoisotopic (exact) mass is 424 g/mol. The molecule has 168 valence electrons. The van der Waals surface area contributed by atoms with Gasteiger partial charge in [0.05, 0.1) is 17.6 Å². The topological polar surface area (TPSA) is 89.8 Å². The van der Waals surface area contributed by atoms with Gasteiger partial charge in [0.1, 0.15) is 17.1 Å². The number of halogens is 1. The van der Waals surface area contributed by atoms with Crippen LogP contribution in [0.1, 0.15) is 82.5 Å². The first-order chi connectivity index (χ1) is 14.3. The number of ketones is 1. The Morgan fingerprint density at radius 3 is 2.17 bits per heavy atom. The minimum absolute atomic E-state index is 0.0443. The van der Waals surface area contributed by atoms with E-state index in [1.807, 2.05) is 4.90 Å². The minimum atomic E-state index is -0.851. The second kappa shape index (κ2) is 13.7. The van der Waals surface area contributed by atoms with E-state index in [9.17, 15) is 24.1 Å². The summed E-state index contributed by atoms with van der Waals surface area (Å²) in [5, 5.41) is 11.1. The van der Waals surface area contributed by atoms with E-state index in [0.29, 0.717) is 12.5 Å². The van der Waals surface area contributed by atoms with Gasteiger partial charge >= 0.3 is 0 Å². The molecule has 0 heterocycles. The number of amides is 1. The van der Waals surface area contributed by atoms with Crippen molar-refractivity contribution < 1.29 is 23.6 Å². The van der Waals surface area contributed by atoms with E-state index in [0.717, 1.165) is 57.7 Å². The fraction of sp³-hybridized carbons (Fsp3) is 0.636. The lowest BCUT2D eigenvalue weighted by Gasteiger charge is -2.23. The van der Waals surface area contributed by atoms with Crippen LogP contribution in [0.15, 0.2) is 12.1 Å². The molecule has 7 nitrogen and oxygen atoms in total. The first-order valence-corrected chi connectivity index (χ1v) is 10.7. The molecule has 0 aliphatic rings. The Morgan fingerprint density at radius 2 is 1.67 bits per heavy atom. The standard InChI is InChI=1S/C22H33FN2O5/c1-4-6-8-12-24(13-9-7-5-2)21(27)11-10-14-30-20-16-18(23)15-19(25(28)29)22(20)17(3)26/h15-16H,4-14H2,1-3H3. The molecule has 0 N–H and O–H groups in total. The van der Waals surface area contributed by atoms with E-state index in [4.69, 9.17) is 4.74 Å². The summed E-state index contributed by atoms with van der Waals surface area (Å²) in [6.45, 7) is 6.94. The second-order valence-corrected chi connectivity index (χ2v) is 7.36. The number of Topliss-reactive ketones (excluding diaryl/α,β-unsaturated/α-hetero) is 1. The quantitative estimate of drug-likeness (QED) is 0.165. The zero-order valence-corrected chi connectivity index (χ0v) is 18.2. The molecule has 0 atom stereocenters. The summed E-state index contributed by atoms with van der Waals surface area (Å²) in [4.78, 5) is 36.6. The van der Waals surface area contributed by atoms with Crippen LogP contribution in [0.25, 0.3) is 0 Å². The molecule has 0 aromatic heterocycles. The zero-order chi connectivity index (χ0) is 22.5. The van der Waals surface area contributed by atoms with Gasteiger partial charge in [-0.05, 0) is 26.2 Å². The Bertz CT molecular complexity index is 714. The van der Waals surface area contributed by atoms with Crippen LogP contribution in [-0.4, -0.2) is 41.2 Å². The largest absolute Gasteiger partial charge is 0.492 e. The average Bonchev–Trinajstić information content (AvgIpc) is 2.69. The van der Waals surface area contributed by atoms with Crippen molar-refractivity contribution >= 4 is 17.4 Å². The van der Waals surface area contributed by atoms with Crippen molar-refractivity contribution in [3.63, 3.8) is 0 Å². The SMILES string of the molecule is CCCCCN(CCCCC)C(=O)CCCOc1cc(F)cc([N+](=O)[O-])c1C(C)=O. The third-order valence-electron chi connectivity index (χ3n) is 4.80. The maximum absolute atomic E-state index is 13.7. The van der Waals surface area contributed by atoms with Gasteiger partial charge in [0.2, 0.25) is 5.91 Å². The molecule has 0 unspecified atom stereocenters. The summed E-state index contributed by atoms with van der Waals surface area (Å²) < 4.78 is 19.2. The van der Waals surface area contributed by atoms with Gasteiger partial charge in [0.15, 0.2) is 5.78 Å². The molecule has 0 fully saturated rings. The van der Waals surface area contributed by atoms with Gasteiger partial charge in [-0.25, -0.2) is 4.39 Å². The number of ether oxygens (including phenoxy) is 1. The third-order valence-corrected chi connectivity index (χ3v) is 4.80. The van der Waals surface area contributed by atoms with Gasteiger partial charge in [-0.1, -0.05) is 39.5 Å². The second-order valence-electron chi connectivity index (χ2n) is 7.36. The van der Waals surface area contributed by atoms with Gasteiger partial charge in [0, 0.05) is 25.6 Å². The van der Waals surface area contributed by atoms with Crippen LogP contribution in [0.5, 0.6) is 5.75 Å². The van der Waals surface area contributed by atoms with Crippen molar-refractivity contribution in [1.29, 1.82) is 0 Å². The Kier molecular flexibility index (Phi) is 11.6. The molecule has 0 aliphatic carbocycles. The summed E-state index contributed by atoms with van der Waals surface area (Å²) in [6.07, 6.45) is 6.91. The van der Waals surface area contributed by atoms with E-state index >= 15 is 0 Å². The molecule has 0 saturated heterocycles. The minimum Gasteiger partial charge on any atom is -0.492 e. The van der Waals surface area contributed by atoms with Crippen molar-refractivity contribution in [3.05, 3.63) is 33.6 Å². The van der Waals surface area contributed by atoms with Gasteiger partial charge in [-0.2, -0.15) is 0 Å². The van der Waals surface area contributed by atoms with E-state index in [1.165, 1.54) is 6.92 Å². The lowest BCUT2D eigenvalue weighted by atomic mass is 10.1. The average molecular weight is 425 g/mol. The molecule has 30 heavy (non-hydrogen) atoms. The lowest BCUT2D eigenvalue weighted by molar-refractivity contribution is -0.385. The Balaban J connectivity index is 2.68. The van der Waals surface area contributed by atoms with E-state index in [2.05, 4.69) is 13.8 Å². The summed E-state index contributed by atoms with van der Waals surface area (Å²) >= 11 is 0. The van der Waals surface area contributed by atoms with Crippen molar-refractivity contribution in [2.24, 2.45) is 0 Å². The lowest BCUT2D eigenvalue weighted by Crippen LogP contribution is -2.33. The van der Waals surface area contributed by atoms with Gasteiger partial charge in [-0.3, -0.25) is 19.7 Å². The maximum atomic E-state index is 13.7. The number of carbonyl (C=O) groups is 2. The van der Waals surface area contributed by atoms with E-state index < -0.39 is 22.2 Å². The highest BCUT2D eigenvalue weighted by Crippen LogP contribution is 2.30. The van der Waals surface area contributed by atoms with Crippen LogP contribution in [0.4, 0.5) is 10.1 Å². The third kappa shape index (κ3) is 8.47. The predicted octanol–water partition coefficient (Wildman–Crippen LogP) is 5.30. The summed E-state index contributed by atoms with van der Waals surface area (Å²) in [5.41, 5.74) is -0.875. The number of rotatable bonds is 15. The molecule has 1 aromatic rings. The van der Waals surface area contributed by atoms with Crippen LogP contribution in [-0.2, 0) is 4.79 Å².